The minimum Gasteiger partial charge on any atom is -0.493 e. The van der Waals surface area contributed by atoms with Gasteiger partial charge in [-0.05, 0) is 48.8 Å². The maximum atomic E-state index is 5.34. The maximum Gasteiger partial charge on any atom is 0.161 e. The van der Waals surface area contributed by atoms with E-state index in [1.807, 2.05) is 11.8 Å². The van der Waals surface area contributed by atoms with E-state index in [0.717, 1.165) is 29.6 Å². The number of thioether (sulfide) groups is 1. The molecular weight excluding hydrogens is 220 g/mol. The lowest BCUT2D eigenvalue weighted by atomic mass is 9.91. The van der Waals surface area contributed by atoms with Crippen molar-refractivity contribution in [3.8, 4) is 11.5 Å². The van der Waals surface area contributed by atoms with Crippen LogP contribution in [0.15, 0.2) is 12.1 Å². The van der Waals surface area contributed by atoms with Crippen molar-refractivity contribution < 1.29 is 9.47 Å². The summed E-state index contributed by atoms with van der Waals surface area (Å²) < 4.78 is 10.7. The second-order valence-electron chi connectivity index (χ2n) is 4.08. The Labute approximate surface area is 101 Å². The average molecular weight is 238 g/mol. The number of aryl methyl sites for hydroxylation is 1. The van der Waals surface area contributed by atoms with Crippen LogP contribution in [0.25, 0.3) is 0 Å². The summed E-state index contributed by atoms with van der Waals surface area (Å²) in [6, 6.07) is 4.27. The van der Waals surface area contributed by atoms with E-state index in [0.29, 0.717) is 0 Å². The van der Waals surface area contributed by atoms with E-state index in [2.05, 4.69) is 18.4 Å². The number of ether oxygens (including phenoxy) is 2. The maximum absolute atomic E-state index is 5.34. The zero-order valence-electron chi connectivity index (χ0n) is 10.1. The van der Waals surface area contributed by atoms with Gasteiger partial charge in [0.1, 0.15) is 0 Å². The Morgan fingerprint density at radius 2 is 1.75 bits per heavy atom. The molecular formula is C13H18O2S. The third-order valence-corrected chi connectivity index (χ3v) is 4.29. The van der Waals surface area contributed by atoms with Gasteiger partial charge in [0.15, 0.2) is 11.5 Å². The van der Waals surface area contributed by atoms with Crippen LogP contribution in [-0.4, -0.2) is 25.7 Å². The average Bonchev–Trinajstić information content (AvgIpc) is 2.36. The Balaban J connectivity index is 2.34. The van der Waals surface area contributed by atoms with Gasteiger partial charge >= 0.3 is 0 Å². The van der Waals surface area contributed by atoms with E-state index >= 15 is 0 Å². The van der Waals surface area contributed by atoms with Crippen LogP contribution >= 0.6 is 11.8 Å². The van der Waals surface area contributed by atoms with E-state index in [-0.39, 0.29) is 0 Å². The molecule has 0 aromatic heterocycles. The highest BCUT2D eigenvalue weighted by Gasteiger charge is 2.20. The molecule has 0 heterocycles. The second-order valence-corrected chi connectivity index (χ2v) is 5.21. The number of rotatable bonds is 3. The van der Waals surface area contributed by atoms with E-state index in [4.69, 9.17) is 9.47 Å². The molecule has 0 bridgehead atoms. The van der Waals surface area contributed by atoms with Gasteiger partial charge in [-0.2, -0.15) is 11.8 Å². The summed E-state index contributed by atoms with van der Waals surface area (Å²) in [4.78, 5) is 0. The predicted octanol–water partition coefficient (Wildman–Crippen LogP) is 2.92. The summed E-state index contributed by atoms with van der Waals surface area (Å²) in [7, 11) is 3.39. The fourth-order valence-electron chi connectivity index (χ4n) is 2.25. The van der Waals surface area contributed by atoms with Gasteiger partial charge < -0.3 is 9.47 Å². The Morgan fingerprint density at radius 3 is 2.31 bits per heavy atom. The van der Waals surface area contributed by atoms with E-state index in [1.165, 1.54) is 17.5 Å². The standard InChI is InChI=1S/C13H18O2S/c1-14-12-7-9-4-5-11(16-3)6-10(9)8-13(12)15-2/h7-8,11H,4-6H2,1-3H3/t11-/m1/s1. The molecule has 0 spiro atoms. The van der Waals surface area contributed by atoms with Crippen LogP contribution in [0.4, 0.5) is 0 Å². The minimum absolute atomic E-state index is 0.755. The summed E-state index contributed by atoms with van der Waals surface area (Å²) in [6.45, 7) is 0. The third kappa shape index (κ3) is 2.14. The minimum atomic E-state index is 0.755. The Kier molecular flexibility index (Phi) is 3.64. The van der Waals surface area contributed by atoms with Gasteiger partial charge in [-0.3, -0.25) is 0 Å². The number of fused-ring (bicyclic) bond motifs is 1. The highest BCUT2D eigenvalue weighted by molar-refractivity contribution is 7.99. The Hall–Kier alpha value is -0.830. The first-order chi connectivity index (χ1) is 7.78. The molecule has 0 N–H and O–H groups in total. The lowest BCUT2D eigenvalue weighted by molar-refractivity contribution is 0.353. The summed E-state index contributed by atoms with van der Waals surface area (Å²) in [5, 5.41) is 0.755. The second kappa shape index (κ2) is 5.00. The van der Waals surface area contributed by atoms with E-state index in [9.17, 15) is 0 Å². The molecule has 0 saturated carbocycles. The van der Waals surface area contributed by atoms with E-state index in [1.54, 1.807) is 14.2 Å². The molecule has 16 heavy (non-hydrogen) atoms. The van der Waals surface area contributed by atoms with Gasteiger partial charge in [0.05, 0.1) is 14.2 Å². The summed E-state index contributed by atoms with van der Waals surface area (Å²) in [6.07, 6.45) is 5.76. The zero-order valence-corrected chi connectivity index (χ0v) is 10.9. The smallest absolute Gasteiger partial charge is 0.161 e. The molecule has 1 aromatic carbocycles. The molecule has 1 atom stereocenters. The lowest BCUT2D eigenvalue weighted by Crippen LogP contribution is -2.16. The monoisotopic (exact) mass is 238 g/mol. The fraction of sp³-hybridized carbons (Fsp3) is 0.538. The highest BCUT2D eigenvalue weighted by atomic mass is 32.2. The van der Waals surface area contributed by atoms with Gasteiger partial charge in [-0.1, -0.05) is 0 Å². The summed E-state index contributed by atoms with van der Waals surface area (Å²) >= 11 is 1.96. The van der Waals surface area contributed by atoms with Crippen LogP contribution in [-0.2, 0) is 12.8 Å². The molecule has 88 valence electrons. The van der Waals surface area contributed by atoms with Crippen LogP contribution in [0, 0.1) is 0 Å². The van der Waals surface area contributed by atoms with Gasteiger partial charge in [0.25, 0.3) is 0 Å². The van der Waals surface area contributed by atoms with Crippen molar-refractivity contribution in [3.05, 3.63) is 23.3 Å². The summed E-state index contributed by atoms with van der Waals surface area (Å²) in [5.41, 5.74) is 2.84. The number of hydrogen-bond acceptors (Lipinski definition) is 3. The van der Waals surface area contributed by atoms with Crippen molar-refractivity contribution in [1.82, 2.24) is 0 Å². The molecule has 1 aliphatic rings. The topological polar surface area (TPSA) is 18.5 Å². The zero-order chi connectivity index (χ0) is 11.5. The van der Waals surface area contributed by atoms with Crippen molar-refractivity contribution in [2.45, 2.75) is 24.5 Å². The van der Waals surface area contributed by atoms with Gasteiger partial charge in [0, 0.05) is 5.25 Å². The largest absolute Gasteiger partial charge is 0.493 e. The first-order valence-corrected chi connectivity index (χ1v) is 6.83. The van der Waals surface area contributed by atoms with Crippen molar-refractivity contribution in [3.63, 3.8) is 0 Å². The molecule has 1 aromatic rings. The molecule has 0 aliphatic heterocycles. The van der Waals surface area contributed by atoms with Crippen LogP contribution in [0.5, 0.6) is 11.5 Å². The van der Waals surface area contributed by atoms with Gasteiger partial charge in [0.2, 0.25) is 0 Å². The molecule has 2 nitrogen and oxygen atoms in total. The Bertz CT molecular complexity index is 376. The van der Waals surface area contributed by atoms with Crippen molar-refractivity contribution in [2.24, 2.45) is 0 Å². The van der Waals surface area contributed by atoms with Crippen LogP contribution < -0.4 is 9.47 Å². The number of methoxy groups -OCH3 is 2. The lowest BCUT2D eigenvalue weighted by Gasteiger charge is -2.24. The first-order valence-electron chi connectivity index (χ1n) is 5.55. The van der Waals surface area contributed by atoms with Crippen molar-refractivity contribution in [1.29, 1.82) is 0 Å². The van der Waals surface area contributed by atoms with E-state index < -0.39 is 0 Å². The van der Waals surface area contributed by atoms with Crippen LogP contribution in [0.3, 0.4) is 0 Å². The summed E-state index contributed by atoms with van der Waals surface area (Å²) in [5.74, 6) is 1.70. The normalized spacial score (nSPS) is 19.1. The predicted molar refractivity (Wildman–Crippen MR) is 68.9 cm³/mol. The van der Waals surface area contributed by atoms with Gasteiger partial charge in [-0.25, -0.2) is 0 Å². The van der Waals surface area contributed by atoms with Crippen LogP contribution in [0.1, 0.15) is 17.5 Å². The molecule has 3 heteroatoms. The molecule has 0 unspecified atom stereocenters. The molecule has 0 amide bonds. The Morgan fingerprint density at radius 1 is 1.12 bits per heavy atom. The molecule has 0 fully saturated rings. The molecule has 0 saturated heterocycles. The van der Waals surface area contributed by atoms with Crippen molar-refractivity contribution in [2.75, 3.05) is 20.5 Å². The third-order valence-electron chi connectivity index (χ3n) is 3.22. The fourth-order valence-corrected chi connectivity index (χ4v) is 2.95. The SMILES string of the molecule is COc1cc2c(cc1OC)C[C@H](SC)CC2. The molecule has 0 radical (unpaired) electrons. The molecule has 2 rings (SSSR count). The van der Waals surface area contributed by atoms with Crippen molar-refractivity contribution >= 4 is 11.8 Å². The number of hydrogen-bond donors (Lipinski definition) is 0. The van der Waals surface area contributed by atoms with Crippen LogP contribution in [0.2, 0.25) is 0 Å². The molecule has 1 aliphatic carbocycles. The number of benzene rings is 1. The quantitative estimate of drug-likeness (QED) is 0.806. The first kappa shape index (κ1) is 11.6. The highest BCUT2D eigenvalue weighted by Crippen LogP contribution is 2.36. The van der Waals surface area contributed by atoms with Gasteiger partial charge in [-0.15, -0.1) is 0 Å².